The molecule has 136 valence electrons. The van der Waals surface area contributed by atoms with Gasteiger partial charge >= 0.3 is 12.0 Å². The zero-order valence-electron chi connectivity index (χ0n) is 15.0. The van der Waals surface area contributed by atoms with Crippen molar-refractivity contribution in [2.75, 3.05) is 11.9 Å². The molecule has 0 spiro atoms. The van der Waals surface area contributed by atoms with Crippen LogP contribution < -0.4 is 10.6 Å². The molecule has 2 amide bonds. The molecule has 0 aliphatic heterocycles. The molecule has 2 rings (SSSR count). The summed E-state index contributed by atoms with van der Waals surface area (Å²) in [6.07, 6.45) is 3.65. The molecule has 0 saturated carbocycles. The number of ether oxygens (including phenoxy) is 1. The zero-order chi connectivity index (χ0) is 18.8. The Bertz CT molecular complexity index is 727. The minimum absolute atomic E-state index is 0.0953. The van der Waals surface area contributed by atoms with Crippen LogP contribution in [0.5, 0.6) is 0 Å². The van der Waals surface area contributed by atoms with Crippen molar-refractivity contribution in [3.05, 3.63) is 72.3 Å². The van der Waals surface area contributed by atoms with E-state index in [2.05, 4.69) is 10.6 Å². The highest BCUT2D eigenvalue weighted by Crippen LogP contribution is 2.08. The van der Waals surface area contributed by atoms with E-state index in [4.69, 9.17) is 4.74 Å². The molecule has 2 N–H and O–H groups in total. The molecule has 0 fully saturated rings. The Morgan fingerprint density at radius 3 is 2.23 bits per heavy atom. The molecule has 2 aromatic carbocycles. The maximum absolute atomic E-state index is 12.3. The third-order valence-corrected chi connectivity index (χ3v) is 3.67. The zero-order valence-corrected chi connectivity index (χ0v) is 15.0. The molecule has 0 aliphatic carbocycles. The van der Waals surface area contributed by atoms with Gasteiger partial charge in [-0.05, 0) is 29.7 Å². The molecule has 0 radical (unpaired) electrons. The summed E-state index contributed by atoms with van der Waals surface area (Å²) < 4.78 is 5.27. The average molecular weight is 352 g/mol. The maximum atomic E-state index is 12.3. The number of carbonyl (C=O) groups excluding carboxylic acids is 2. The molecule has 0 saturated heterocycles. The van der Waals surface area contributed by atoms with Crippen molar-refractivity contribution in [3.8, 4) is 0 Å². The first kappa shape index (κ1) is 19.2. The summed E-state index contributed by atoms with van der Waals surface area (Å²) in [5.41, 5.74) is 1.69. The number of carbonyl (C=O) groups is 2. The number of esters is 1. The lowest BCUT2D eigenvalue weighted by molar-refractivity contribution is -0.145. The highest BCUT2D eigenvalue weighted by molar-refractivity contribution is 5.92. The number of benzene rings is 2. The van der Waals surface area contributed by atoms with Crippen LogP contribution in [-0.4, -0.2) is 24.6 Å². The molecule has 0 aromatic heterocycles. The number of para-hydroxylation sites is 1. The molecular formula is C21H24N2O3. The van der Waals surface area contributed by atoms with Crippen LogP contribution in [0.1, 0.15) is 19.4 Å². The van der Waals surface area contributed by atoms with E-state index in [1.54, 1.807) is 18.2 Å². The quantitative estimate of drug-likeness (QED) is 0.738. The Hall–Kier alpha value is -3.08. The van der Waals surface area contributed by atoms with Crippen molar-refractivity contribution in [1.82, 2.24) is 5.32 Å². The summed E-state index contributed by atoms with van der Waals surface area (Å²) in [5, 5.41) is 5.37. The average Bonchev–Trinajstić information content (AvgIpc) is 2.64. The lowest BCUT2D eigenvalue weighted by Crippen LogP contribution is -2.47. The van der Waals surface area contributed by atoms with Gasteiger partial charge in [0.2, 0.25) is 0 Å². The van der Waals surface area contributed by atoms with Crippen molar-refractivity contribution in [2.24, 2.45) is 5.92 Å². The molecule has 0 heterocycles. The second-order valence-electron chi connectivity index (χ2n) is 6.13. The summed E-state index contributed by atoms with van der Waals surface area (Å²) in [7, 11) is 0. The van der Waals surface area contributed by atoms with Gasteiger partial charge in [0.25, 0.3) is 0 Å². The van der Waals surface area contributed by atoms with Crippen LogP contribution in [0, 0.1) is 5.92 Å². The van der Waals surface area contributed by atoms with Crippen molar-refractivity contribution in [3.63, 3.8) is 0 Å². The Kier molecular flexibility index (Phi) is 7.43. The second-order valence-corrected chi connectivity index (χ2v) is 6.13. The normalized spacial score (nSPS) is 12.0. The van der Waals surface area contributed by atoms with Crippen LogP contribution in [0.25, 0.3) is 6.08 Å². The van der Waals surface area contributed by atoms with E-state index >= 15 is 0 Å². The van der Waals surface area contributed by atoms with Crippen molar-refractivity contribution >= 4 is 23.8 Å². The standard InChI is InChI=1S/C21H24N2O3/c1-16(2)19(23-21(25)22-18-13-7-4-8-14-18)20(24)26-15-9-12-17-10-5-3-6-11-17/h3-14,16,19H,15H2,1-2H3,(H2,22,23,25)/b12-9+/t19-/m1/s1. The molecule has 0 bridgehead atoms. The SMILES string of the molecule is CC(C)[C@@H](NC(=O)Nc1ccccc1)C(=O)OC/C=C/c1ccccc1. The molecule has 2 aromatic rings. The third kappa shape index (κ3) is 6.43. The summed E-state index contributed by atoms with van der Waals surface area (Å²) in [6.45, 7) is 3.86. The number of nitrogens with one attached hydrogen (secondary N) is 2. The Balaban J connectivity index is 1.84. The van der Waals surface area contributed by atoms with Crippen molar-refractivity contribution in [2.45, 2.75) is 19.9 Å². The van der Waals surface area contributed by atoms with Gasteiger partial charge in [0.15, 0.2) is 0 Å². The van der Waals surface area contributed by atoms with E-state index in [1.165, 1.54) is 0 Å². The number of hydrogen-bond donors (Lipinski definition) is 2. The van der Waals surface area contributed by atoms with Gasteiger partial charge in [-0.1, -0.05) is 68.5 Å². The second kappa shape index (κ2) is 10.0. The van der Waals surface area contributed by atoms with Crippen LogP contribution in [0.15, 0.2) is 66.7 Å². The number of urea groups is 1. The summed E-state index contributed by atoms with van der Waals surface area (Å²) in [6, 6.07) is 17.6. The van der Waals surface area contributed by atoms with Crippen LogP contribution in [0.4, 0.5) is 10.5 Å². The fraction of sp³-hybridized carbons (Fsp3) is 0.238. The Labute approximate surface area is 154 Å². The minimum atomic E-state index is -0.719. The van der Waals surface area contributed by atoms with Crippen LogP contribution in [0.3, 0.4) is 0 Å². The largest absolute Gasteiger partial charge is 0.460 e. The van der Waals surface area contributed by atoms with Gasteiger partial charge in [0, 0.05) is 5.69 Å². The molecule has 5 heteroatoms. The number of anilines is 1. The fourth-order valence-corrected chi connectivity index (χ4v) is 2.30. The lowest BCUT2D eigenvalue weighted by atomic mass is 10.1. The molecule has 0 aliphatic rings. The van der Waals surface area contributed by atoms with Crippen LogP contribution in [0.2, 0.25) is 0 Å². The van der Waals surface area contributed by atoms with Crippen LogP contribution >= 0.6 is 0 Å². The highest BCUT2D eigenvalue weighted by atomic mass is 16.5. The van der Waals surface area contributed by atoms with Crippen molar-refractivity contribution in [1.29, 1.82) is 0 Å². The van der Waals surface area contributed by atoms with E-state index < -0.39 is 18.0 Å². The lowest BCUT2D eigenvalue weighted by Gasteiger charge is -2.20. The van der Waals surface area contributed by atoms with E-state index in [-0.39, 0.29) is 12.5 Å². The summed E-state index contributed by atoms with van der Waals surface area (Å²) in [4.78, 5) is 24.4. The molecule has 0 unspecified atom stereocenters. The summed E-state index contributed by atoms with van der Waals surface area (Å²) in [5.74, 6) is -0.553. The van der Waals surface area contributed by atoms with Gasteiger partial charge in [0.1, 0.15) is 12.6 Å². The first-order chi connectivity index (χ1) is 12.6. The number of amides is 2. The smallest absolute Gasteiger partial charge is 0.329 e. The molecule has 5 nitrogen and oxygen atoms in total. The first-order valence-corrected chi connectivity index (χ1v) is 8.57. The predicted octanol–water partition coefficient (Wildman–Crippen LogP) is 4.09. The van der Waals surface area contributed by atoms with Gasteiger partial charge in [-0.2, -0.15) is 0 Å². The monoisotopic (exact) mass is 352 g/mol. The summed E-state index contributed by atoms with van der Waals surface area (Å²) >= 11 is 0. The minimum Gasteiger partial charge on any atom is -0.460 e. The fourth-order valence-electron chi connectivity index (χ4n) is 2.30. The van der Waals surface area contributed by atoms with Crippen LogP contribution in [-0.2, 0) is 9.53 Å². The Morgan fingerprint density at radius 2 is 1.62 bits per heavy atom. The predicted molar refractivity (Wildman–Crippen MR) is 104 cm³/mol. The Morgan fingerprint density at radius 1 is 1.00 bits per heavy atom. The maximum Gasteiger partial charge on any atom is 0.329 e. The van der Waals surface area contributed by atoms with Crippen molar-refractivity contribution < 1.29 is 14.3 Å². The third-order valence-electron chi connectivity index (χ3n) is 3.67. The van der Waals surface area contributed by atoms with Gasteiger partial charge in [-0.25, -0.2) is 9.59 Å². The van der Waals surface area contributed by atoms with Gasteiger partial charge in [-0.15, -0.1) is 0 Å². The molecule has 26 heavy (non-hydrogen) atoms. The topological polar surface area (TPSA) is 67.4 Å². The first-order valence-electron chi connectivity index (χ1n) is 8.57. The number of hydrogen-bond acceptors (Lipinski definition) is 3. The highest BCUT2D eigenvalue weighted by Gasteiger charge is 2.25. The van der Waals surface area contributed by atoms with E-state index in [0.717, 1.165) is 5.56 Å². The van der Waals surface area contributed by atoms with Gasteiger partial charge in [0.05, 0.1) is 0 Å². The molecule has 1 atom stereocenters. The van der Waals surface area contributed by atoms with E-state index in [9.17, 15) is 9.59 Å². The number of rotatable bonds is 7. The van der Waals surface area contributed by atoms with Gasteiger partial charge in [-0.3, -0.25) is 0 Å². The van der Waals surface area contributed by atoms with E-state index in [0.29, 0.717) is 5.69 Å². The van der Waals surface area contributed by atoms with Gasteiger partial charge < -0.3 is 15.4 Å². The van der Waals surface area contributed by atoms with E-state index in [1.807, 2.05) is 68.5 Å². The molecular weight excluding hydrogens is 328 g/mol.